The summed E-state index contributed by atoms with van der Waals surface area (Å²) in [5.74, 6) is 0.517. The summed E-state index contributed by atoms with van der Waals surface area (Å²) in [5, 5.41) is 6.44. The molecule has 1 heterocycles. The molecular formula is C28H24Cl3FN4O3. The quantitative estimate of drug-likeness (QED) is 0.200. The van der Waals surface area contributed by atoms with Gasteiger partial charge in [0.05, 0.1) is 42.2 Å². The fraction of sp³-hybridized carbons (Fsp3) is 0.179. The molecule has 0 fully saturated rings. The van der Waals surface area contributed by atoms with Crippen molar-refractivity contribution >= 4 is 46.7 Å². The third kappa shape index (κ3) is 7.29. The highest BCUT2D eigenvalue weighted by Gasteiger charge is 2.15. The van der Waals surface area contributed by atoms with Crippen LogP contribution in [0.2, 0.25) is 15.1 Å². The molecule has 39 heavy (non-hydrogen) atoms. The van der Waals surface area contributed by atoms with Crippen molar-refractivity contribution in [3.8, 4) is 34.0 Å². The Morgan fingerprint density at radius 3 is 2.41 bits per heavy atom. The standard InChI is InChI=1S/C28H24Cl3FN4O3/c1-38-25-7-6-16(10-26(25)39-2)8-9-33-27(37)15-34-28-35-23(17-4-3-5-18(29)11-17)14-24(36-28)19-12-22(32)21(31)13-20(19)30/h3-7,10-14H,8-9,15H2,1-2H3,(H,33,37)(H,34,35,36). The zero-order chi connectivity index (χ0) is 27.9. The van der Waals surface area contributed by atoms with Crippen LogP contribution in [0.15, 0.2) is 60.7 Å². The number of benzene rings is 3. The van der Waals surface area contributed by atoms with Crippen LogP contribution in [-0.4, -0.2) is 43.2 Å². The average Bonchev–Trinajstić information content (AvgIpc) is 2.93. The predicted molar refractivity (Wildman–Crippen MR) is 153 cm³/mol. The van der Waals surface area contributed by atoms with Crippen molar-refractivity contribution in [2.75, 3.05) is 32.6 Å². The van der Waals surface area contributed by atoms with E-state index in [9.17, 15) is 9.18 Å². The Hall–Kier alpha value is -3.59. The summed E-state index contributed by atoms with van der Waals surface area (Å²) in [6.07, 6.45) is 0.595. The minimum absolute atomic E-state index is 0.0902. The number of aromatic nitrogens is 2. The first-order valence-corrected chi connectivity index (χ1v) is 12.9. The zero-order valence-electron chi connectivity index (χ0n) is 21.0. The third-order valence-electron chi connectivity index (χ3n) is 5.72. The summed E-state index contributed by atoms with van der Waals surface area (Å²) in [7, 11) is 3.14. The Morgan fingerprint density at radius 2 is 1.67 bits per heavy atom. The summed E-state index contributed by atoms with van der Waals surface area (Å²) in [5.41, 5.74) is 2.86. The van der Waals surface area contributed by atoms with Gasteiger partial charge in [0.15, 0.2) is 11.5 Å². The maximum absolute atomic E-state index is 14.3. The van der Waals surface area contributed by atoms with E-state index in [2.05, 4.69) is 20.6 Å². The smallest absolute Gasteiger partial charge is 0.239 e. The van der Waals surface area contributed by atoms with Gasteiger partial charge in [-0.2, -0.15) is 0 Å². The number of methoxy groups -OCH3 is 2. The fourth-order valence-corrected chi connectivity index (χ4v) is 4.45. The van der Waals surface area contributed by atoms with Crippen LogP contribution in [-0.2, 0) is 11.2 Å². The number of carbonyl (C=O) groups is 1. The van der Waals surface area contributed by atoms with Crippen LogP contribution in [0.3, 0.4) is 0 Å². The van der Waals surface area contributed by atoms with Crippen LogP contribution in [0.1, 0.15) is 5.56 Å². The molecule has 0 saturated heterocycles. The van der Waals surface area contributed by atoms with E-state index in [1.807, 2.05) is 24.3 Å². The highest BCUT2D eigenvalue weighted by molar-refractivity contribution is 6.36. The molecule has 4 aromatic rings. The lowest BCUT2D eigenvalue weighted by atomic mass is 10.1. The molecule has 0 aliphatic heterocycles. The van der Waals surface area contributed by atoms with Gasteiger partial charge in [-0.25, -0.2) is 14.4 Å². The number of amides is 1. The molecule has 2 N–H and O–H groups in total. The normalized spacial score (nSPS) is 10.7. The first-order chi connectivity index (χ1) is 18.8. The van der Waals surface area contributed by atoms with Crippen LogP contribution in [0, 0.1) is 5.82 Å². The molecule has 1 amide bonds. The zero-order valence-corrected chi connectivity index (χ0v) is 23.3. The lowest BCUT2D eigenvalue weighted by Crippen LogP contribution is -2.31. The number of hydrogen-bond acceptors (Lipinski definition) is 6. The molecule has 4 rings (SSSR count). The molecule has 0 unspecified atom stereocenters. The number of anilines is 1. The first-order valence-electron chi connectivity index (χ1n) is 11.8. The number of hydrogen-bond donors (Lipinski definition) is 2. The largest absolute Gasteiger partial charge is 0.493 e. The van der Waals surface area contributed by atoms with E-state index in [0.29, 0.717) is 52.0 Å². The van der Waals surface area contributed by atoms with E-state index in [1.54, 1.807) is 38.5 Å². The predicted octanol–water partition coefficient (Wildman–Crippen LogP) is 6.70. The number of ether oxygens (including phenoxy) is 2. The Bertz CT molecular complexity index is 1500. The highest BCUT2D eigenvalue weighted by Crippen LogP contribution is 2.34. The topological polar surface area (TPSA) is 85.4 Å². The van der Waals surface area contributed by atoms with Gasteiger partial charge in [0, 0.05) is 22.7 Å². The molecular weight excluding hydrogens is 566 g/mol. The molecule has 0 aliphatic rings. The van der Waals surface area contributed by atoms with Crippen molar-refractivity contribution in [1.29, 1.82) is 0 Å². The minimum atomic E-state index is -0.637. The fourth-order valence-electron chi connectivity index (χ4n) is 3.78. The maximum atomic E-state index is 14.3. The summed E-state index contributed by atoms with van der Waals surface area (Å²) in [6, 6.07) is 16.9. The number of rotatable bonds is 10. The van der Waals surface area contributed by atoms with Crippen LogP contribution in [0.5, 0.6) is 11.5 Å². The summed E-state index contributed by atoms with van der Waals surface area (Å²) in [6.45, 7) is 0.317. The second kappa shape index (κ2) is 13.0. The molecule has 0 aliphatic carbocycles. The van der Waals surface area contributed by atoms with Crippen LogP contribution in [0.25, 0.3) is 22.5 Å². The molecule has 0 saturated carbocycles. The molecule has 3 aromatic carbocycles. The van der Waals surface area contributed by atoms with Gasteiger partial charge >= 0.3 is 0 Å². The Balaban J connectivity index is 1.49. The lowest BCUT2D eigenvalue weighted by Gasteiger charge is -2.12. The molecule has 0 atom stereocenters. The Morgan fingerprint density at radius 1 is 0.897 bits per heavy atom. The van der Waals surface area contributed by atoms with E-state index in [0.717, 1.165) is 5.56 Å². The van der Waals surface area contributed by atoms with Crippen molar-refractivity contribution in [2.24, 2.45) is 0 Å². The number of halogens is 4. The Labute approximate surface area is 240 Å². The molecule has 0 bridgehead atoms. The van der Waals surface area contributed by atoms with E-state index in [4.69, 9.17) is 44.3 Å². The van der Waals surface area contributed by atoms with Crippen LogP contribution >= 0.6 is 34.8 Å². The summed E-state index contributed by atoms with van der Waals surface area (Å²) < 4.78 is 24.8. The first kappa shape index (κ1) is 28.4. The molecule has 0 spiro atoms. The van der Waals surface area contributed by atoms with Crippen molar-refractivity contribution in [1.82, 2.24) is 15.3 Å². The van der Waals surface area contributed by atoms with Gasteiger partial charge in [-0.15, -0.1) is 0 Å². The van der Waals surface area contributed by atoms with Gasteiger partial charge in [0.1, 0.15) is 5.82 Å². The monoisotopic (exact) mass is 588 g/mol. The minimum Gasteiger partial charge on any atom is -0.493 e. The van der Waals surface area contributed by atoms with E-state index < -0.39 is 5.82 Å². The lowest BCUT2D eigenvalue weighted by molar-refractivity contribution is -0.119. The molecule has 7 nitrogen and oxygen atoms in total. The third-order valence-corrected chi connectivity index (χ3v) is 6.56. The van der Waals surface area contributed by atoms with E-state index in [-0.39, 0.29) is 28.4 Å². The Kier molecular flexibility index (Phi) is 9.45. The van der Waals surface area contributed by atoms with Crippen LogP contribution in [0.4, 0.5) is 10.3 Å². The second-order valence-corrected chi connectivity index (χ2v) is 9.61. The second-order valence-electron chi connectivity index (χ2n) is 8.36. The van der Waals surface area contributed by atoms with E-state index in [1.165, 1.54) is 12.1 Å². The average molecular weight is 590 g/mol. The van der Waals surface area contributed by atoms with Crippen molar-refractivity contribution < 1.29 is 18.7 Å². The van der Waals surface area contributed by atoms with Crippen LogP contribution < -0.4 is 20.1 Å². The molecule has 1 aromatic heterocycles. The highest BCUT2D eigenvalue weighted by atomic mass is 35.5. The molecule has 11 heteroatoms. The van der Waals surface area contributed by atoms with Gasteiger partial charge in [0.2, 0.25) is 11.9 Å². The number of nitrogens with one attached hydrogen (secondary N) is 2. The van der Waals surface area contributed by atoms with Gasteiger partial charge in [0.25, 0.3) is 0 Å². The van der Waals surface area contributed by atoms with Crippen molar-refractivity contribution in [3.05, 3.63) is 87.1 Å². The number of carbonyl (C=O) groups excluding carboxylic acids is 1. The maximum Gasteiger partial charge on any atom is 0.239 e. The van der Waals surface area contributed by atoms with E-state index >= 15 is 0 Å². The van der Waals surface area contributed by atoms with Crippen molar-refractivity contribution in [3.63, 3.8) is 0 Å². The van der Waals surface area contributed by atoms with Gasteiger partial charge in [-0.05, 0) is 54.4 Å². The molecule has 0 radical (unpaired) electrons. The van der Waals surface area contributed by atoms with Gasteiger partial charge in [-0.3, -0.25) is 4.79 Å². The summed E-state index contributed by atoms with van der Waals surface area (Å²) >= 11 is 18.4. The van der Waals surface area contributed by atoms with Gasteiger partial charge < -0.3 is 20.1 Å². The van der Waals surface area contributed by atoms with Gasteiger partial charge in [-0.1, -0.05) is 53.0 Å². The number of nitrogens with zero attached hydrogens (tertiary/aromatic N) is 2. The van der Waals surface area contributed by atoms with Crippen molar-refractivity contribution in [2.45, 2.75) is 6.42 Å². The molecule has 202 valence electrons. The summed E-state index contributed by atoms with van der Waals surface area (Å²) in [4.78, 5) is 21.5. The SMILES string of the molecule is COc1ccc(CCNC(=O)CNc2nc(-c3cccc(Cl)c3)cc(-c3cc(F)c(Cl)cc3Cl)n2)cc1OC.